The number of halogens is 1. The molecule has 3 rings (SSSR count). The van der Waals surface area contributed by atoms with Crippen LogP contribution in [-0.4, -0.2) is 6.54 Å². The van der Waals surface area contributed by atoms with Crippen LogP contribution in [0.3, 0.4) is 0 Å². The third kappa shape index (κ3) is 1.29. The minimum absolute atomic E-state index is 0.608. The monoisotopic (exact) mass is 327 g/mol. The van der Waals surface area contributed by atoms with Gasteiger partial charge in [-0.25, -0.2) is 0 Å². The Kier molecular flexibility index (Phi) is 2.40. The SMILES string of the molecule is NCCc1c2ccoc2c(I)c2ccoc12. The predicted molar refractivity (Wildman–Crippen MR) is 71.5 cm³/mol. The van der Waals surface area contributed by atoms with Crippen molar-refractivity contribution in [2.75, 3.05) is 6.54 Å². The maximum absolute atomic E-state index is 5.64. The molecule has 0 spiro atoms. The van der Waals surface area contributed by atoms with Crippen molar-refractivity contribution in [2.45, 2.75) is 6.42 Å². The Hall–Kier alpha value is -1.01. The summed E-state index contributed by atoms with van der Waals surface area (Å²) in [5.74, 6) is 0. The summed E-state index contributed by atoms with van der Waals surface area (Å²) in [6.45, 7) is 0.608. The Labute approximate surface area is 106 Å². The van der Waals surface area contributed by atoms with E-state index < -0.39 is 0 Å². The minimum Gasteiger partial charge on any atom is -0.464 e. The van der Waals surface area contributed by atoms with E-state index >= 15 is 0 Å². The lowest BCUT2D eigenvalue weighted by Crippen LogP contribution is -2.03. The summed E-state index contributed by atoms with van der Waals surface area (Å²) >= 11 is 2.29. The zero-order chi connectivity index (χ0) is 11.1. The molecule has 0 amide bonds. The van der Waals surface area contributed by atoms with Gasteiger partial charge >= 0.3 is 0 Å². The minimum atomic E-state index is 0.608. The van der Waals surface area contributed by atoms with Gasteiger partial charge in [0.05, 0.1) is 16.1 Å². The van der Waals surface area contributed by atoms with Gasteiger partial charge in [-0.15, -0.1) is 0 Å². The fraction of sp³-hybridized carbons (Fsp3) is 0.167. The van der Waals surface area contributed by atoms with Gasteiger partial charge in [0.1, 0.15) is 11.2 Å². The van der Waals surface area contributed by atoms with Crippen molar-refractivity contribution in [1.29, 1.82) is 0 Å². The molecular formula is C12H10INO2. The van der Waals surface area contributed by atoms with E-state index in [1.165, 1.54) is 0 Å². The van der Waals surface area contributed by atoms with Crippen LogP contribution >= 0.6 is 22.6 Å². The Balaban J connectivity index is 2.51. The van der Waals surface area contributed by atoms with Gasteiger partial charge in [-0.05, 0) is 47.7 Å². The highest BCUT2D eigenvalue weighted by molar-refractivity contribution is 14.1. The highest BCUT2D eigenvalue weighted by atomic mass is 127. The molecule has 2 aromatic heterocycles. The van der Waals surface area contributed by atoms with Crippen molar-refractivity contribution in [1.82, 2.24) is 0 Å². The topological polar surface area (TPSA) is 52.3 Å². The summed E-state index contributed by atoms with van der Waals surface area (Å²) in [5, 5.41) is 2.21. The van der Waals surface area contributed by atoms with Gasteiger partial charge in [0.15, 0.2) is 0 Å². The number of nitrogens with two attached hydrogens (primary N) is 1. The second-order valence-corrected chi connectivity index (χ2v) is 4.74. The van der Waals surface area contributed by atoms with Crippen molar-refractivity contribution >= 4 is 44.5 Å². The lowest BCUT2D eigenvalue weighted by atomic mass is 10.0. The number of furan rings is 2. The number of fused-ring (bicyclic) bond motifs is 2. The van der Waals surface area contributed by atoms with Gasteiger partial charge in [0, 0.05) is 16.3 Å². The summed E-state index contributed by atoms with van der Waals surface area (Å²) in [7, 11) is 0. The first-order chi connectivity index (χ1) is 7.83. The average Bonchev–Trinajstić information content (AvgIpc) is 2.92. The van der Waals surface area contributed by atoms with E-state index in [2.05, 4.69) is 22.6 Å². The summed E-state index contributed by atoms with van der Waals surface area (Å²) in [6, 6.07) is 3.95. The molecule has 3 aromatic rings. The van der Waals surface area contributed by atoms with Crippen LogP contribution < -0.4 is 5.73 Å². The van der Waals surface area contributed by atoms with Crippen molar-refractivity contribution in [3.63, 3.8) is 0 Å². The molecule has 2 heterocycles. The fourth-order valence-corrected chi connectivity index (χ4v) is 2.91. The molecule has 16 heavy (non-hydrogen) atoms. The molecule has 0 radical (unpaired) electrons. The van der Waals surface area contributed by atoms with E-state index in [0.29, 0.717) is 6.54 Å². The van der Waals surface area contributed by atoms with Crippen molar-refractivity contribution in [3.05, 3.63) is 33.8 Å². The van der Waals surface area contributed by atoms with Gasteiger partial charge in [0.25, 0.3) is 0 Å². The van der Waals surface area contributed by atoms with Crippen molar-refractivity contribution in [3.8, 4) is 0 Å². The first kappa shape index (κ1) is 10.2. The summed E-state index contributed by atoms with van der Waals surface area (Å²) in [4.78, 5) is 0. The van der Waals surface area contributed by atoms with Gasteiger partial charge in [-0.1, -0.05) is 0 Å². The Morgan fingerprint density at radius 2 is 1.75 bits per heavy atom. The first-order valence-corrected chi connectivity index (χ1v) is 6.15. The van der Waals surface area contributed by atoms with Gasteiger partial charge < -0.3 is 14.6 Å². The second-order valence-electron chi connectivity index (χ2n) is 3.66. The fourth-order valence-electron chi connectivity index (χ4n) is 2.07. The quantitative estimate of drug-likeness (QED) is 0.735. The highest BCUT2D eigenvalue weighted by Gasteiger charge is 2.16. The van der Waals surface area contributed by atoms with E-state index in [4.69, 9.17) is 14.6 Å². The molecule has 0 unspecified atom stereocenters. The van der Waals surface area contributed by atoms with Crippen LogP contribution in [0.5, 0.6) is 0 Å². The lowest BCUT2D eigenvalue weighted by Gasteiger charge is -2.04. The number of benzene rings is 1. The number of rotatable bonds is 2. The molecular weight excluding hydrogens is 317 g/mol. The molecule has 0 bridgehead atoms. The second kappa shape index (κ2) is 3.78. The van der Waals surface area contributed by atoms with Crippen LogP contribution in [0, 0.1) is 3.57 Å². The highest BCUT2D eigenvalue weighted by Crippen LogP contribution is 2.35. The van der Waals surface area contributed by atoms with Crippen molar-refractivity contribution in [2.24, 2.45) is 5.73 Å². The predicted octanol–water partition coefficient (Wildman–Crippen LogP) is 3.28. The molecule has 0 aliphatic heterocycles. The van der Waals surface area contributed by atoms with Crippen LogP contribution in [0.1, 0.15) is 5.56 Å². The molecule has 0 saturated carbocycles. The lowest BCUT2D eigenvalue weighted by molar-refractivity contribution is 0.607. The van der Waals surface area contributed by atoms with E-state index in [0.717, 1.165) is 37.5 Å². The van der Waals surface area contributed by atoms with E-state index in [-0.39, 0.29) is 0 Å². The van der Waals surface area contributed by atoms with Crippen LogP contribution in [0.25, 0.3) is 21.9 Å². The molecule has 82 valence electrons. The molecule has 4 heteroatoms. The Bertz CT molecular complexity index is 602. The molecule has 0 aliphatic rings. The summed E-state index contributed by atoms with van der Waals surface area (Å²) < 4.78 is 12.2. The van der Waals surface area contributed by atoms with Crippen LogP contribution in [-0.2, 0) is 6.42 Å². The number of hydrogen-bond acceptors (Lipinski definition) is 3. The first-order valence-electron chi connectivity index (χ1n) is 5.07. The third-order valence-electron chi connectivity index (χ3n) is 2.76. The molecule has 1 aromatic carbocycles. The average molecular weight is 327 g/mol. The van der Waals surface area contributed by atoms with E-state index in [1.807, 2.05) is 12.1 Å². The molecule has 0 saturated heterocycles. The van der Waals surface area contributed by atoms with E-state index in [9.17, 15) is 0 Å². The zero-order valence-corrected chi connectivity index (χ0v) is 10.7. The van der Waals surface area contributed by atoms with E-state index in [1.54, 1.807) is 12.5 Å². The van der Waals surface area contributed by atoms with Crippen LogP contribution in [0.15, 0.2) is 33.5 Å². The molecule has 0 aliphatic carbocycles. The van der Waals surface area contributed by atoms with Crippen molar-refractivity contribution < 1.29 is 8.83 Å². The normalized spacial score (nSPS) is 11.6. The summed E-state index contributed by atoms with van der Waals surface area (Å²) in [6.07, 6.45) is 4.23. The maximum Gasteiger partial charge on any atom is 0.148 e. The van der Waals surface area contributed by atoms with Crippen LogP contribution in [0.2, 0.25) is 0 Å². The zero-order valence-electron chi connectivity index (χ0n) is 8.50. The van der Waals surface area contributed by atoms with Gasteiger partial charge in [0.2, 0.25) is 0 Å². The standard InChI is InChI=1S/C12H10INO2/c13-10-9-3-6-15-11(9)7(1-4-14)8-2-5-16-12(8)10/h2-3,5-6H,1,4,14H2. The summed E-state index contributed by atoms with van der Waals surface area (Å²) in [5.41, 5.74) is 8.65. The van der Waals surface area contributed by atoms with Gasteiger partial charge in [-0.2, -0.15) is 0 Å². The maximum atomic E-state index is 5.64. The smallest absolute Gasteiger partial charge is 0.148 e. The number of hydrogen-bond donors (Lipinski definition) is 1. The largest absolute Gasteiger partial charge is 0.464 e. The molecule has 0 fully saturated rings. The molecule has 3 nitrogen and oxygen atoms in total. The third-order valence-corrected chi connectivity index (χ3v) is 3.83. The molecule has 0 atom stereocenters. The van der Waals surface area contributed by atoms with Gasteiger partial charge in [-0.3, -0.25) is 0 Å². The Morgan fingerprint density at radius 1 is 1.06 bits per heavy atom. The molecule has 2 N–H and O–H groups in total. The van der Waals surface area contributed by atoms with Crippen LogP contribution in [0.4, 0.5) is 0 Å². The Morgan fingerprint density at radius 3 is 2.50 bits per heavy atom.